The number of nitrogens with zero attached hydrogens (tertiary/aromatic N) is 2. The maximum atomic E-state index is 4.64. The molecule has 2 rings (SSSR count). The van der Waals surface area contributed by atoms with Crippen molar-refractivity contribution in [1.82, 2.24) is 15.1 Å². The fraction of sp³-hybridized carbons (Fsp3) is 0.750. The number of rotatable bonds is 2. The van der Waals surface area contributed by atoms with Gasteiger partial charge in [0.2, 0.25) is 0 Å². The molecule has 1 aromatic heterocycles. The van der Waals surface area contributed by atoms with Crippen molar-refractivity contribution in [3.63, 3.8) is 0 Å². The van der Waals surface area contributed by atoms with Crippen molar-refractivity contribution in [3.05, 3.63) is 17.0 Å². The van der Waals surface area contributed by atoms with Crippen molar-refractivity contribution in [1.29, 1.82) is 0 Å². The van der Waals surface area contributed by atoms with E-state index < -0.39 is 0 Å². The summed E-state index contributed by atoms with van der Waals surface area (Å²) in [6, 6.07) is 0. The summed E-state index contributed by atoms with van der Waals surface area (Å²) in [6.45, 7) is 5.60. The largest absolute Gasteiger partial charge is 0.314 e. The van der Waals surface area contributed by atoms with E-state index in [1.807, 2.05) is 11.7 Å². The molecule has 0 aromatic carbocycles. The average molecular weight is 207 g/mol. The quantitative estimate of drug-likeness (QED) is 0.799. The third-order valence-electron chi connectivity index (χ3n) is 3.40. The highest BCUT2D eigenvalue weighted by Crippen LogP contribution is 2.35. The van der Waals surface area contributed by atoms with Gasteiger partial charge in [-0.2, -0.15) is 5.10 Å². The molecule has 0 unspecified atom stereocenters. The summed E-state index contributed by atoms with van der Waals surface area (Å²) < 4.78 is 2.04. The van der Waals surface area contributed by atoms with Gasteiger partial charge in [-0.15, -0.1) is 0 Å². The number of aryl methyl sites for hydroxylation is 1. The molecule has 0 amide bonds. The highest BCUT2D eigenvalue weighted by atomic mass is 15.3. The van der Waals surface area contributed by atoms with Crippen molar-refractivity contribution in [2.24, 2.45) is 12.5 Å². The van der Waals surface area contributed by atoms with E-state index in [-0.39, 0.29) is 0 Å². The third-order valence-corrected chi connectivity index (χ3v) is 3.40. The van der Waals surface area contributed by atoms with Crippen LogP contribution in [0.25, 0.3) is 0 Å². The van der Waals surface area contributed by atoms with E-state index in [9.17, 15) is 0 Å². The van der Waals surface area contributed by atoms with Gasteiger partial charge in [-0.1, -0.05) is 13.8 Å². The van der Waals surface area contributed by atoms with Gasteiger partial charge in [0, 0.05) is 13.6 Å². The van der Waals surface area contributed by atoms with Crippen LogP contribution in [-0.4, -0.2) is 16.8 Å². The van der Waals surface area contributed by atoms with Gasteiger partial charge in [-0.25, -0.2) is 0 Å². The summed E-state index contributed by atoms with van der Waals surface area (Å²) in [5.41, 5.74) is 4.60. The van der Waals surface area contributed by atoms with Crippen LogP contribution in [0.2, 0.25) is 0 Å². The predicted octanol–water partition coefficient (Wildman–Crippen LogP) is 1.65. The number of aromatic nitrogens is 2. The van der Waals surface area contributed by atoms with Gasteiger partial charge in [0.25, 0.3) is 0 Å². The van der Waals surface area contributed by atoms with Crippen molar-refractivity contribution in [2.75, 3.05) is 7.05 Å². The molecule has 0 spiro atoms. The van der Waals surface area contributed by atoms with E-state index in [2.05, 4.69) is 31.3 Å². The standard InChI is InChI=1S/C12H21N3/c1-12(2)6-5-9-10(7-12)14-15(4)11(9)8-13-3/h13H,5-8H2,1-4H3. The second-order valence-corrected chi connectivity index (χ2v) is 5.37. The van der Waals surface area contributed by atoms with Gasteiger partial charge in [0.1, 0.15) is 0 Å². The van der Waals surface area contributed by atoms with Crippen LogP contribution in [-0.2, 0) is 26.4 Å². The van der Waals surface area contributed by atoms with Gasteiger partial charge in [0.15, 0.2) is 0 Å². The van der Waals surface area contributed by atoms with Crippen LogP contribution in [0.15, 0.2) is 0 Å². The summed E-state index contributed by atoms with van der Waals surface area (Å²) >= 11 is 0. The zero-order valence-corrected chi connectivity index (χ0v) is 10.2. The number of nitrogens with one attached hydrogen (secondary N) is 1. The first-order chi connectivity index (χ1) is 7.03. The summed E-state index contributed by atoms with van der Waals surface area (Å²) in [5.74, 6) is 0. The smallest absolute Gasteiger partial charge is 0.0665 e. The van der Waals surface area contributed by atoms with Crippen molar-refractivity contribution in [3.8, 4) is 0 Å². The lowest BCUT2D eigenvalue weighted by molar-refractivity contribution is 0.311. The van der Waals surface area contributed by atoms with Crippen LogP contribution in [0.3, 0.4) is 0 Å². The molecule has 84 valence electrons. The average Bonchev–Trinajstić information content (AvgIpc) is 2.41. The number of hydrogen-bond donors (Lipinski definition) is 1. The molecule has 1 aliphatic carbocycles. The molecule has 0 fully saturated rings. The SMILES string of the molecule is CNCc1c2c(nn1C)CC(C)(C)CC2. The summed E-state index contributed by atoms with van der Waals surface area (Å²) in [5, 5.41) is 7.86. The molecule has 15 heavy (non-hydrogen) atoms. The minimum atomic E-state index is 0.429. The monoisotopic (exact) mass is 207 g/mol. The summed E-state index contributed by atoms with van der Waals surface area (Å²) in [7, 11) is 4.05. The number of fused-ring (bicyclic) bond motifs is 1. The Morgan fingerprint density at radius 3 is 2.87 bits per heavy atom. The van der Waals surface area contributed by atoms with Crippen LogP contribution in [0.1, 0.15) is 37.2 Å². The van der Waals surface area contributed by atoms with E-state index in [1.165, 1.54) is 29.8 Å². The van der Waals surface area contributed by atoms with E-state index in [0.29, 0.717) is 5.41 Å². The molecule has 0 bridgehead atoms. The normalized spacial score (nSPS) is 18.9. The Kier molecular flexibility index (Phi) is 2.59. The van der Waals surface area contributed by atoms with Gasteiger partial charge in [-0.05, 0) is 37.3 Å². The zero-order chi connectivity index (χ0) is 11.1. The second kappa shape index (κ2) is 3.63. The highest BCUT2D eigenvalue weighted by molar-refractivity contribution is 5.30. The Morgan fingerprint density at radius 1 is 1.47 bits per heavy atom. The molecule has 1 aliphatic rings. The molecule has 0 saturated carbocycles. The Balaban J connectivity index is 2.35. The maximum Gasteiger partial charge on any atom is 0.0665 e. The van der Waals surface area contributed by atoms with E-state index in [4.69, 9.17) is 0 Å². The molecule has 0 saturated heterocycles. The topological polar surface area (TPSA) is 29.9 Å². The van der Waals surface area contributed by atoms with E-state index in [0.717, 1.165) is 13.0 Å². The Labute approximate surface area is 91.9 Å². The second-order valence-electron chi connectivity index (χ2n) is 5.37. The van der Waals surface area contributed by atoms with Crippen molar-refractivity contribution >= 4 is 0 Å². The van der Waals surface area contributed by atoms with Crippen molar-refractivity contribution in [2.45, 2.75) is 39.7 Å². The maximum absolute atomic E-state index is 4.64. The van der Waals surface area contributed by atoms with Crippen LogP contribution >= 0.6 is 0 Å². The first-order valence-corrected chi connectivity index (χ1v) is 5.72. The summed E-state index contributed by atoms with van der Waals surface area (Å²) in [6.07, 6.45) is 3.59. The lowest BCUT2D eigenvalue weighted by atomic mass is 9.76. The molecule has 0 aliphatic heterocycles. The molecule has 1 aromatic rings. The van der Waals surface area contributed by atoms with Gasteiger partial charge in [-0.3, -0.25) is 4.68 Å². The van der Waals surface area contributed by atoms with Crippen LogP contribution in [0.5, 0.6) is 0 Å². The van der Waals surface area contributed by atoms with E-state index in [1.54, 1.807) is 0 Å². The molecular formula is C12H21N3. The Bertz CT molecular complexity index is 363. The van der Waals surface area contributed by atoms with Crippen LogP contribution < -0.4 is 5.32 Å². The molecule has 1 N–H and O–H groups in total. The predicted molar refractivity (Wildman–Crippen MR) is 61.8 cm³/mol. The van der Waals surface area contributed by atoms with Gasteiger partial charge < -0.3 is 5.32 Å². The molecule has 1 heterocycles. The molecule has 0 atom stereocenters. The lowest BCUT2D eigenvalue weighted by Crippen LogP contribution is -2.22. The number of hydrogen-bond acceptors (Lipinski definition) is 2. The van der Waals surface area contributed by atoms with Crippen LogP contribution in [0, 0.1) is 5.41 Å². The lowest BCUT2D eigenvalue weighted by Gasteiger charge is -2.28. The fourth-order valence-electron chi connectivity index (χ4n) is 2.49. The van der Waals surface area contributed by atoms with E-state index >= 15 is 0 Å². The Hall–Kier alpha value is -0.830. The van der Waals surface area contributed by atoms with Crippen LogP contribution in [0.4, 0.5) is 0 Å². The van der Waals surface area contributed by atoms with Gasteiger partial charge in [0.05, 0.1) is 11.4 Å². The fourth-order valence-corrected chi connectivity index (χ4v) is 2.49. The molecular weight excluding hydrogens is 186 g/mol. The zero-order valence-electron chi connectivity index (χ0n) is 10.2. The Morgan fingerprint density at radius 2 is 2.20 bits per heavy atom. The minimum absolute atomic E-state index is 0.429. The first kappa shape index (κ1) is 10.7. The minimum Gasteiger partial charge on any atom is -0.314 e. The summed E-state index contributed by atoms with van der Waals surface area (Å²) in [4.78, 5) is 0. The molecule has 3 heteroatoms. The molecule has 3 nitrogen and oxygen atoms in total. The molecule has 0 radical (unpaired) electrons. The highest BCUT2D eigenvalue weighted by Gasteiger charge is 2.29. The first-order valence-electron chi connectivity index (χ1n) is 5.72. The van der Waals surface area contributed by atoms with Crippen molar-refractivity contribution < 1.29 is 0 Å². The van der Waals surface area contributed by atoms with Gasteiger partial charge >= 0.3 is 0 Å². The third kappa shape index (κ3) is 1.93.